The van der Waals surface area contributed by atoms with Gasteiger partial charge in [0.15, 0.2) is 10.6 Å². The summed E-state index contributed by atoms with van der Waals surface area (Å²) < 4.78 is 5.38. The van der Waals surface area contributed by atoms with Gasteiger partial charge in [0.2, 0.25) is 5.91 Å². The standard InChI is InChI=1S/C8H13Cl2NO2/c1-5(12)11-7(2,3)13-6(9)8(11,4)10/h6H,1-4H3. The molecule has 0 aromatic carbocycles. The van der Waals surface area contributed by atoms with E-state index in [1.165, 1.54) is 11.8 Å². The summed E-state index contributed by atoms with van der Waals surface area (Å²) in [6.07, 6.45) is 0. The first-order chi connectivity index (χ1) is 5.69. The first-order valence-corrected chi connectivity index (χ1v) is 4.83. The molecule has 0 saturated carbocycles. The molecule has 1 saturated heterocycles. The van der Waals surface area contributed by atoms with Gasteiger partial charge in [-0.25, -0.2) is 0 Å². The van der Waals surface area contributed by atoms with E-state index in [1.54, 1.807) is 20.8 Å². The van der Waals surface area contributed by atoms with Gasteiger partial charge in [-0.2, -0.15) is 0 Å². The number of hydrogen-bond acceptors (Lipinski definition) is 2. The Morgan fingerprint density at radius 1 is 1.46 bits per heavy atom. The third kappa shape index (κ3) is 1.65. The van der Waals surface area contributed by atoms with Gasteiger partial charge in [-0.1, -0.05) is 23.2 Å². The van der Waals surface area contributed by atoms with Crippen molar-refractivity contribution in [2.45, 2.75) is 44.0 Å². The van der Waals surface area contributed by atoms with E-state index in [0.717, 1.165) is 0 Å². The van der Waals surface area contributed by atoms with Crippen LogP contribution in [0.5, 0.6) is 0 Å². The lowest BCUT2D eigenvalue weighted by Gasteiger charge is -2.35. The quantitative estimate of drug-likeness (QED) is 0.467. The Bertz CT molecular complexity index is 240. The summed E-state index contributed by atoms with van der Waals surface area (Å²) >= 11 is 12.0. The first-order valence-electron chi connectivity index (χ1n) is 4.01. The largest absolute Gasteiger partial charge is 0.333 e. The summed E-state index contributed by atoms with van der Waals surface area (Å²) in [6, 6.07) is 0. The molecule has 0 bridgehead atoms. The van der Waals surface area contributed by atoms with Gasteiger partial charge in [-0.05, 0) is 20.8 Å². The SMILES string of the molecule is CC(=O)N1C(C)(C)OC(Cl)C1(C)Cl. The predicted molar refractivity (Wildman–Crippen MR) is 51.6 cm³/mol. The van der Waals surface area contributed by atoms with E-state index >= 15 is 0 Å². The number of rotatable bonds is 0. The molecule has 0 spiro atoms. The summed E-state index contributed by atoms with van der Waals surface area (Å²) in [5, 5.41) is 0. The highest BCUT2D eigenvalue weighted by molar-refractivity contribution is 6.32. The Kier molecular flexibility index (Phi) is 2.56. The molecule has 0 radical (unpaired) electrons. The van der Waals surface area contributed by atoms with Crippen molar-refractivity contribution in [3.8, 4) is 0 Å². The van der Waals surface area contributed by atoms with Gasteiger partial charge in [-0.15, -0.1) is 0 Å². The molecule has 1 heterocycles. The molecule has 2 atom stereocenters. The Morgan fingerprint density at radius 3 is 2.08 bits per heavy atom. The molecule has 0 aromatic rings. The molecule has 0 aromatic heterocycles. The first kappa shape index (κ1) is 11.1. The van der Waals surface area contributed by atoms with Crippen molar-refractivity contribution in [2.75, 3.05) is 0 Å². The van der Waals surface area contributed by atoms with Crippen molar-refractivity contribution in [3.05, 3.63) is 0 Å². The number of amides is 1. The molecule has 1 rings (SSSR count). The number of nitrogens with zero attached hydrogens (tertiary/aromatic N) is 1. The van der Waals surface area contributed by atoms with E-state index < -0.39 is 16.3 Å². The van der Waals surface area contributed by atoms with Gasteiger partial charge >= 0.3 is 0 Å². The van der Waals surface area contributed by atoms with Gasteiger partial charge in [0, 0.05) is 6.92 Å². The highest BCUT2D eigenvalue weighted by atomic mass is 35.5. The Labute approximate surface area is 87.9 Å². The van der Waals surface area contributed by atoms with Crippen LogP contribution in [0.3, 0.4) is 0 Å². The molecule has 1 aliphatic heterocycles. The fourth-order valence-electron chi connectivity index (χ4n) is 1.73. The van der Waals surface area contributed by atoms with Crippen molar-refractivity contribution < 1.29 is 9.53 Å². The van der Waals surface area contributed by atoms with Crippen molar-refractivity contribution in [3.63, 3.8) is 0 Å². The van der Waals surface area contributed by atoms with E-state index in [1.807, 2.05) is 0 Å². The van der Waals surface area contributed by atoms with Crippen LogP contribution in [0.25, 0.3) is 0 Å². The van der Waals surface area contributed by atoms with Crippen LogP contribution in [0.4, 0.5) is 0 Å². The fraction of sp³-hybridized carbons (Fsp3) is 0.875. The van der Waals surface area contributed by atoms with E-state index in [-0.39, 0.29) is 5.91 Å². The zero-order chi connectivity index (χ0) is 10.4. The number of halogens is 2. The van der Waals surface area contributed by atoms with Gasteiger partial charge in [0.1, 0.15) is 5.72 Å². The third-order valence-electron chi connectivity index (χ3n) is 2.10. The predicted octanol–water partition coefficient (Wildman–Crippen LogP) is 2.12. The molecule has 1 fully saturated rings. The number of hydrogen-bond donors (Lipinski definition) is 0. The second-order valence-corrected chi connectivity index (χ2v) is 4.92. The minimum atomic E-state index is -0.975. The highest BCUT2D eigenvalue weighted by Crippen LogP contribution is 2.43. The monoisotopic (exact) mass is 225 g/mol. The molecular weight excluding hydrogens is 213 g/mol. The zero-order valence-corrected chi connectivity index (χ0v) is 9.61. The maximum Gasteiger partial charge on any atom is 0.223 e. The molecule has 76 valence electrons. The lowest BCUT2D eigenvalue weighted by atomic mass is 10.2. The van der Waals surface area contributed by atoms with Crippen LogP contribution in [0.15, 0.2) is 0 Å². The van der Waals surface area contributed by atoms with Crippen LogP contribution >= 0.6 is 23.2 Å². The summed E-state index contributed by atoms with van der Waals surface area (Å²) in [6.45, 7) is 6.64. The summed E-state index contributed by atoms with van der Waals surface area (Å²) in [5.41, 5.74) is -1.43. The molecular formula is C8H13Cl2NO2. The number of alkyl halides is 2. The van der Waals surface area contributed by atoms with E-state index in [9.17, 15) is 4.79 Å². The fourth-order valence-corrected chi connectivity index (χ4v) is 2.41. The lowest BCUT2D eigenvalue weighted by Crippen LogP contribution is -2.51. The normalized spacial score (nSPS) is 38.0. The lowest BCUT2D eigenvalue weighted by molar-refractivity contribution is -0.144. The number of ether oxygens (including phenoxy) is 1. The van der Waals surface area contributed by atoms with Crippen molar-refractivity contribution in [1.82, 2.24) is 4.90 Å². The topological polar surface area (TPSA) is 29.5 Å². The summed E-state index contributed by atoms with van der Waals surface area (Å²) in [4.78, 5) is 11.8. The molecule has 0 N–H and O–H groups in total. The van der Waals surface area contributed by atoms with Crippen LogP contribution in [-0.4, -0.2) is 27.1 Å². The van der Waals surface area contributed by atoms with Gasteiger partial charge in [-0.3, -0.25) is 9.69 Å². The Morgan fingerprint density at radius 2 is 1.92 bits per heavy atom. The van der Waals surface area contributed by atoms with Crippen molar-refractivity contribution in [1.29, 1.82) is 0 Å². The third-order valence-corrected chi connectivity index (χ3v) is 3.09. The van der Waals surface area contributed by atoms with Crippen LogP contribution in [0, 0.1) is 0 Å². The Balaban J connectivity index is 3.07. The summed E-state index contributed by atoms with van der Waals surface area (Å²) in [7, 11) is 0. The number of carbonyl (C=O) groups excluding carboxylic acids is 1. The second kappa shape index (κ2) is 3.01. The molecule has 5 heteroatoms. The highest BCUT2D eigenvalue weighted by Gasteiger charge is 2.55. The molecule has 1 amide bonds. The Hall–Kier alpha value is 0.01000. The molecule has 3 nitrogen and oxygen atoms in total. The second-order valence-electron chi connectivity index (χ2n) is 3.76. The van der Waals surface area contributed by atoms with Gasteiger partial charge in [0.25, 0.3) is 0 Å². The van der Waals surface area contributed by atoms with E-state index in [2.05, 4.69) is 0 Å². The van der Waals surface area contributed by atoms with Crippen molar-refractivity contribution in [2.24, 2.45) is 0 Å². The maximum absolute atomic E-state index is 11.3. The molecule has 1 aliphatic rings. The smallest absolute Gasteiger partial charge is 0.223 e. The van der Waals surface area contributed by atoms with Crippen molar-refractivity contribution >= 4 is 29.1 Å². The van der Waals surface area contributed by atoms with Crippen LogP contribution < -0.4 is 0 Å². The average molecular weight is 226 g/mol. The number of carbonyl (C=O) groups is 1. The van der Waals surface area contributed by atoms with E-state index in [0.29, 0.717) is 0 Å². The average Bonchev–Trinajstić information content (AvgIpc) is 1.96. The van der Waals surface area contributed by atoms with Crippen LogP contribution in [0.1, 0.15) is 27.7 Å². The molecule has 2 unspecified atom stereocenters. The molecule has 0 aliphatic carbocycles. The van der Waals surface area contributed by atoms with Gasteiger partial charge in [0.05, 0.1) is 0 Å². The summed E-state index contributed by atoms with van der Waals surface area (Å²) in [5.74, 6) is -0.148. The van der Waals surface area contributed by atoms with Gasteiger partial charge < -0.3 is 4.74 Å². The zero-order valence-electron chi connectivity index (χ0n) is 8.10. The van der Waals surface area contributed by atoms with Crippen LogP contribution in [-0.2, 0) is 9.53 Å². The van der Waals surface area contributed by atoms with Crippen LogP contribution in [0.2, 0.25) is 0 Å². The maximum atomic E-state index is 11.3. The van der Waals surface area contributed by atoms with E-state index in [4.69, 9.17) is 27.9 Å². The molecule has 13 heavy (non-hydrogen) atoms. The minimum absolute atomic E-state index is 0.148. The minimum Gasteiger partial charge on any atom is -0.333 e.